The third kappa shape index (κ3) is 2.12. The molecule has 2 N–H and O–H groups in total. The highest BCUT2D eigenvalue weighted by Crippen LogP contribution is 2.72. The SMILES string of the molecule is O=C(CC1CCCC1)NC[C@]12CNC[C@@]1(C(F)(F)F)C2. The molecule has 1 aliphatic heterocycles. The number of amides is 1. The van der Waals surface area contributed by atoms with Crippen molar-refractivity contribution in [3.63, 3.8) is 0 Å². The lowest BCUT2D eigenvalue weighted by Gasteiger charge is -2.21. The standard InChI is InChI=1S/C14H21F3N2O/c15-14(16,17)13-6-12(13,7-18-9-13)8-19-11(20)5-10-3-1-2-4-10/h10,18H,1-9H2,(H,19,20)/t12-,13-/m0/s1. The molecule has 1 amide bonds. The molecule has 6 heteroatoms. The van der Waals surface area contributed by atoms with Gasteiger partial charge in [-0.3, -0.25) is 4.79 Å². The van der Waals surface area contributed by atoms with Gasteiger partial charge in [-0.1, -0.05) is 12.8 Å². The van der Waals surface area contributed by atoms with Crippen molar-refractivity contribution in [3.05, 3.63) is 0 Å². The average molecular weight is 290 g/mol. The first-order valence-corrected chi connectivity index (χ1v) is 7.43. The number of carbonyl (C=O) groups is 1. The quantitative estimate of drug-likeness (QED) is 0.833. The smallest absolute Gasteiger partial charge is 0.355 e. The van der Waals surface area contributed by atoms with E-state index in [1.165, 1.54) is 12.8 Å². The van der Waals surface area contributed by atoms with Crippen LogP contribution in [0.1, 0.15) is 38.5 Å². The molecule has 2 atom stereocenters. The van der Waals surface area contributed by atoms with Gasteiger partial charge < -0.3 is 10.6 Å². The second-order valence-electron chi connectivity index (χ2n) is 6.77. The van der Waals surface area contributed by atoms with Gasteiger partial charge in [-0.25, -0.2) is 0 Å². The maximum absolute atomic E-state index is 13.1. The normalized spacial score (nSPS) is 37.0. The molecule has 1 heterocycles. The van der Waals surface area contributed by atoms with Crippen molar-refractivity contribution in [3.8, 4) is 0 Å². The van der Waals surface area contributed by atoms with Crippen molar-refractivity contribution in [2.24, 2.45) is 16.7 Å². The van der Waals surface area contributed by atoms with Crippen LogP contribution in [-0.4, -0.2) is 31.7 Å². The molecule has 114 valence electrons. The first kappa shape index (κ1) is 14.2. The van der Waals surface area contributed by atoms with E-state index < -0.39 is 17.0 Å². The topological polar surface area (TPSA) is 41.1 Å². The zero-order valence-electron chi connectivity index (χ0n) is 11.5. The Hall–Kier alpha value is -0.780. The van der Waals surface area contributed by atoms with Crippen LogP contribution >= 0.6 is 0 Å². The first-order chi connectivity index (χ1) is 9.39. The monoisotopic (exact) mass is 290 g/mol. The van der Waals surface area contributed by atoms with Crippen molar-refractivity contribution in [1.29, 1.82) is 0 Å². The predicted molar refractivity (Wildman–Crippen MR) is 68.0 cm³/mol. The first-order valence-electron chi connectivity index (χ1n) is 7.43. The minimum atomic E-state index is -4.17. The van der Waals surface area contributed by atoms with Gasteiger partial charge in [0.2, 0.25) is 5.91 Å². The number of nitrogens with one attached hydrogen (secondary N) is 2. The molecule has 3 nitrogen and oxygen atoms in total. The van der Waals surface area contributed by atoms with E-state index in [9.17, 15) is 18.0 Å². The zero-order chi connectivity index (χ0) is 14.4. The number of hydrogen-bond acceptors (Lipinski definition) is 2. The number of carbonyl (C=O) groups excluding carboxylic acids is 1. The van der Waals surface area contributed by atoms with E-state index in [0.29, 0.717) is 18.9 Å². The zero-order valence-corrected chi connectivity index (χ0v) is 11.5. The predicted octanol–water partition coefficient (Wildman–Crippen LogP) is 2.22. The van der Waals surface area contributed by atoms with Gasteiger partial charge >= 0.3 is 6.18 Å². The van der Waals surface area contributed by atoms with Crippen molar-refractivity contribution in [1.82, 2.24) is 10.6 Å². The Kier molecular flexibility index (Phi) is 3.27. The molecule has 3 fully saturated rings. The summed E-state index contributed by atoms with van der Waals surface area (Å²) in [6.45, 7) is 0.510. The van der Waals surface area contributed by atoms with Gasteiger partial charge in [0.25, 0.3) is 0 Å². The van der Waals surface area contributed by atoms with Crippen LogP contribution in [0.4, 0.5) is 13.2 Å². The van der Waals surface area contributed by atoms with E-state index in [2.05, 4.69) is 10.6 Å². The third-order valence-electron chi connectivity index (χ3n) is 5.54. The second kappa shape index (κ2) is 4.61. The summed E-state index contributed by atoms with van der Waals surface area (Å²) in [5.41, 5.74) is -2.39. The molecule has 0 aromatic rings. The highest BCUT2D eigenvalue weighted by molar-refractivity contribution is 5.76. The van der Waals surface area contributed by atoms with Crippen LogP contribution < -0.4 is 10.6 Å². The molecule has 0 unspecified atom stereocenters. The van der Waals surface area contributed by atoms with Gasteiger partial charge in [0.05, 0.1) is 5.41 Å². The molecule has 0 aromatic heterocycles. The Morgan fingerprint density at radius 1 is 1.25 bits per heavy atom. The van der Waals surface area contributed by atoms with Crippen LogP contribution in [0.15, 0.2) is 0 Å². The summed E-state index contributed by atoms with van der Waals surface area (Å²) in [7, 11) is 0. The lowest BCUT2D eigenvalue weighted by molar-refractivity contribution is -0.190. The molecule has 0 aromatic carbocycles. The summed E-state index contributed by atoms with van der Waals surface area (Å²) in [6, 6.07) is 0. The second-order valence-corrected chi connectivity index (χ2v) is 6.77. The molecule has 1 saturated heterocycles. The molecule has 0 bridgehead atoms. The Labute approximate surface area is 116 Å². The van der Waals surface area contributed by atoms with Crippen LogP contribution in [0.3, 0.4) is 0 Å². The molecule has 0 radical (unpaired) electrons. The minimum Gasteiger partial charge on any atom is -0.355 e. The largest absolute Gasteiger partial charge is 0.396 e. The molecule has 0 spiro atoms. The maximum atomic E-state index is 13.1. The summed E-state index contributed by atoms with van der Waals surface area (Å²) >= 11 is 0. The number of alkyl halides is 3. The fourth-order valence-electron chi connectivity index (χ4n) is 4.14. The average Bonchev–Trinajstić information content (AvgIpc) is 2.74. The summed E-state index contributed by atoms with van der Waals surface area (Å²) in [5.74, 6) is 0.349. The maximum Gasteiger partial charge on any atom is 0.396 e. The van der Waals surface area contributed by atoms with Crippen LogP contribution in [0.25, 0.3) is 0 Å². The van der Waals surface area contributed by atoms with Gasteiger partial charge in [0.15, 0.2) is 0 Å². The number of rotatable bonds is 4. The minimum absolute atomic E-state index is 0.00496. The van der Waals surface area contributed by atoms with E-state index in [1.807, 2.05) is 0 Å². The van der Waals surface area contributed by atoms with Gasteiger partial charge in [0, 0.05) is 31.5 Å². The van der Waals surface area contributed by atoms with Crippen molar-refractivity contribution in [2.75, 3.05) is 19.6 Å². The van der Waals surface area contributed by atoms with Crippen LogP contribution in [0.2, 0.25) is 0 Å². The highest BCUT2D eigenvalue weighted by Gasteiger charge is 2.81. The summed E-state index contributed by atoms with van der Waals surface area (Å²) < 4.78 is 39.4. The lowest BCUT2D eigenvalue weighted by Crippen LogP contribution is -2.38. The Balaban J connectivity index is 1.53. The molecule has 3 aliphatic rings. The molecular formula is C14H21F3N2O. The third-order valence-corrected chi connectivity index (χ3v) is 5.54. The fourth-order valence-corrected chi connectivity index (χ4v) is 4.14. The van der Waals surface area contributed by atoms with E-state index >= 15 is 0 Å². The van der Waals surface area contributed by atoms with E-state index in [1.54, 1.807) is 0 Å². The van der Waals surface area contributed by atoms with E-state index in [-0.39, 0.29) is 25.4 Å². The van der Waals surface area contributed by atoms with Crippen LogP contribution in [0.5, 0.6) is 0 Å². The number of fused-ring (bicyclic) bond motifs is 1. The van der Waals surface area contributed by atoms with E-state index in [0.717, 1.165) is 12.8 Å². The van der Waals surface area contributed by atoms with Gasteiger partial charge in [-0.05, 0) is 25.2 Å². The van der Waals surface area contributed by atoms with Crippen molar-refractivity contribution >= 4 is 5.91 Å². The summed E-state index contributed by atoms with van der Waals surface area (Å²) in [4.78, 5) is 11.9. The molecule has 3 rings (SSSR count). The number of halogens is 3. The molecule has 2 aliphatic carbocycles. The number of piperidine rings is 1. The molecule has 20 heavy (non-hydrogen) atoms. The van der Waals surface area contributed by atoms with Gasteiger partial charge in [-0.2, -0.15) is 13.2 Å². The summed E-state index contributed by atoms with van der Waals surface area (Å²) in [5, 5.41) is 5.59. The highest BCUT2D eigenvalue weighted by atomic mass is 19.4. The Morgan fingerprint density at radius 2 is 1.95 bits per heavy atom. The fraction of sp³-hybridized carbons (Fsp3) is 0.929. The van der Waals surface area contributed by atoms with Gasteiger partial charge in [0.1, 0.15) is 0 Å². The Morgan fingerprint density at radius 3 is 2.55 bits per heavy atom. The van der Waals surface area contributed by atoms with Crippen molar-refractivity contribution < 1.29 is 18.0 Å². The van der Waals surface area contributed by atoms with Crippen molar-refractivity contribution in [2.45, 2.75) is 44.7 Å². The lowest BCUT2D eigenvalue weighted by atomic mass is 9.95. The Bertz CT molecular complexity index is 406. The van der Waals surface area contributed by atoms with Crippen LogP contribution in [-0.2, 0) is 4.79 Å². The van der Waals surface area contributed by atoms with Crippen LogP contribution in [0, 0.1) is 16.7 Å². The summed E-state index contributed by atoms with van der Waals surface area (Å²) in [6.07, 6.45) is 0.945. The van der Waals surface area contributed by atoms with Gasteiger partial charge in [-0.15, -0.1) is 0 Å². The molecule has 2 saturated carbocycles. The molecular weight excluding hydrogens is 269 g/mol. The number of hydrogen-bond donors (Lipinski definition) is 2. The van der Waals surface area contributed by atoms with E-state index in [4.69, 9.17) is 0 Å².